The van der Waals surface area contributed by atoms with Crippen molar-refractivity contribution in [2.45, 2.75) is 16.8 Å². The lowest BCUT2D eigenvalue weighted by Gasteiger charge is -2.06. The largest absolute Gasteiger partial charge is 0.329 e. The SMILES string of the molecule is Cl.O=S(=O)(c1nc2ccccc2[nH]1)C1CCNC1. The fraction of sp³-hybridized carbons (Fsp3) is 0.364. The minimum Gasteiger partial charge on any atom is -0.329 e. The molecule has 1 aliphatic rings. The monoisotopic (exact) mass is 287 g/mol. The van der Waals surface area contributed by atoms with Gasteiger partial charge in [0.15, 0.2) is 0 Å². The molecule has 0 saturated carbocycles. The Balaban J connectivity index is 0.00000120. The molecular weight excluding hydrogens is 274 g/mol. The van der Waals surface area contributed by atoms with E-state index in [1.165, 1.54) is 0 Å². The Morgan fingerprint density at radius 1 is 1.28 bits per heavy atom. The quantitative estimate of drug-likeness (QED) is 0.868. The van der Waals surface area contributed by atoms with Crippen molar-refractivity contribution in [2.75, 3.05) is 13.1 Å². The smallest absolute Gasteiger partial charge is 0.226 e. The normalized spacial score (nSPS) is 19.9. The Kier molecular flexibility index (Phi) is 3.61. The standard InChI is InChI=1S/C11H13N3O2S.ClH/c15-17(16,8-5-6-12-7-8)11-13-9-3-1-2-4-10(9)14-11;/h1-4,8,12H,5-7H2,(H,13,14);1H. The average Bonchev–Trinajstić information content (AvgIpc) is 2.98. The van der Waals surface area contributed by atoms with Gasteiger partial charge in [-0.05, 0) is 25.1 Å². The van der Waals surface area contributed by atoms with E-state index in [0.29, 0.717) is 18.5 Å². The summed E-state index contributed by atoms with van der Waals surface area (Å²) in [7, 11) is -3.33. The molecule has 1 atom stereocenters. The highest BCUT2D eigenvalue weighted by atomic mass is 35.5. The molecule has 18 heavy (non-hydrogen) atoms. The summed E-state index contributed by atoms with van der Waals surface area (Å²) in [5.41, 5.74) is 1.45. The molecule has 7 heteroatoms. The summed E-state index contributed by atoms with van der Waals surface area (Å²) >= 11 is 0. The number of H-pyrrole nitrogens is 1. The molecule has 5 nitrogen and oxygen atoms in total. The van der Waals surface area contributed by atoms with Gasteiger partial charge in [-0.1, -0.05) is 12.1 Å². The van der Waals surface area contributed by atoms with Crippen LogP contribution in [0.1, 0.15) is 6.42 Å². The van der Waals surface area contributed by atoms with Crippen molar-refractivity contribution in [3.63, 3.8) is 0 Å². The lowest BCUT2D eigenvalue weighted by atomic mass is 10.3. The molecule has 2 N–H and O–H groups in total. The third-order valence-electron chi connectivity index (χ3n) is 3.09. The zero-order chi connectivity index (χ0) is 11.9. The molecular formula is C11H14ClN3O2S. The third-order valence-corrected chi connectivity index (χ3v) is 5.10. The zero-order valence-electron chi connectivity index (χ0n) is 9.59. The van der Waals surface area contributed by atoms with Crippen LogP contribution < -0.4 is 5.32 Å². The first-order chi connectivity index (χ1) is 8.18. The van der Waals surface area contributed by atoms with Gasteiger partial charge in [-0.25, -0.2) is 13.4 Å². The first kappa shape index (κ1) is 13.3. The van der Waals surface area contributed by atoms with E-state index in [1.807, 2.05) is 18.2 Å². The number of nitrogens with one attached hydrogen (secondary N) is 2. The van der Waals surface area contributed by atoms with Gasteiger partial charge in [0.2, 0.25) is 15.0 Å². The number of halogens is 1. The number of aromatic nitrogens is 2. The number of aromatic amines is 1. The fourth-order valence-corrected chi connectivity index (χ4v) is 3.67. The Bertz CT molecular complexity index is 614. The Morgan fingerprint density at radius 2 is 2.06 bits per heavy atom. The van der Waals surface area contributed by atoms with Crippen LogP contribution in [0.3, 0.4) is 0 Å². The molecule has 1 fully saturated rings. The van der Waals surface area contributed by atoms with Gasteiger partial charge in [-0.2, -0.15) is 0 Å². The van der Waals surface area contributed by atoms with Crippen molar-refractivity contribution in [1.29, 1.82) is 0 Å². The van der Waals surface area contributed by atoms with Crippen LogP contribution in [0, 0.1) is 0 Å². The van der Waals surface area contributed by atoms with Crippen LogP contribution in [0.15, 0.2) is 29.4 Å². The lowest BCUT2D eigenvalue weighted by molar-refractivity contribution is 0.576. The van der Waals surface area contributed by atoms with E-state index in [4.69, 9.17) is 0 Å². The minimum atomic E-state index is -3.33. The summed E-state index contributed by atoms with van der Waals surface area (Å²) in [5.74, 6) is 0. The molecule has 0 bridgehead atoms. The van der Waals surface area contributed by atoms with Crippen molar-refractivity contribution >= 4 is 33.3 Å². The molecule has 1 unspecified atom stereocenters. The van der Waals surface area contributed by atoms with Gasteiger partial charge in [0, 0.05) is 6.54 Å². The van der Waals surface area contributed by atoms with Crippen LogP contribution in [0.25, 0.3) is 11.0 Å². The molecule has 2 heterocycles. The van der Waals surface area contributed by atoms with Crippen LogP contribution in [0.5, 0.6) is 0 Å². The van der Waals surface area contributed by atoms with Crippen molar-refractivity contribution in [3.05, 3.63) is 24.3 Å². The van der Waals surface area contributed by atoms with E-state index in [0.717, 1.165) is 12.1 Å². The predicted octanol–water partition coefficient (Wildman–Crippen LogP) is 1.12. The Morgan fingerprint density at radius 3 is 2.72 bits per heavy atom. The maximum absolute atomic E-state index is 12.3. The molecule has 1 saturated heterocycles. The predicted molar refractivity (Wildman–Crippen MR) is 71.8 cm³/mol. The first-order valence-corrected chi connectivity index (χ1v) is 7.12. The number of rotatable bonds is 2. The van der Waals surface area contributed by atoms with Crippen molar-refractivity contribution in [2.24, 2.45) is 0 Å². The number of benzene rings is 1. The molecule has 1 aromatic carbocycles. The lowest BCUT2D eigenvalue weighted by Crippen LogP contribution is -2.24. The summed E-state index contributed by atoms with van der Waals surface area (Å²) < 4.78 is 24.5. The molecule has 1 aliphatic heterocycles. The third kappa shape index (κ3) is 2.11. The highest BCUT2D eigenvalue weighted by molar-refractivity contribution is 7.91. The number of imidazole rings is 1. The van der Waals surface area contributed by atoms with Gasteiger partial charge in [0.25, 0.3) is 0 Å². The molecule has 2 aromatic rings. The summed E-state index contributed by atoms with van der Waals surface area (Å²) in [6.45, 7) is 1.27. The number of fused-ring (bicyclic) bond motifs is 1. The van der Waals surface area contributed by atoms with Gasteiger partial charge < -0.3 is 10.3 Å². The molecule has 98 valence electrons. The minimum absolute atomic E-state index is 0. The molecule has 3 rings (SSSR count). The maximum atomic E-state index is 12.3. The topological polar surface area (TPSA) is 74.8 Å². The second kappa shape index (κ2) is 4.87. The molecule has 0 radical (unpaired) electrons. The average molecular weight is 288 g/mol. The van der Waals surface area contributed by atoms with Crippen LogP contribution in [0.2, 0.25) is 0 Å². The molecule has 0 aliphatic carbocycles. The highest BCUT2D eigenvalue weighted by Gasteiger charge is 2.32. The number of sulfone groups is 1. The van der Waals surface area contributed by atoms with Gasteiger partial charge in [0.05, 0.1) is 16.3 Å². The summed E-state index contributed by atoms with van der Waals surface area (Å²) in [6.07, 6.45) is 0.652. The second-order valence-corrected chi connectivity index (χ2v) is 6.36. The van der Waals surface area contributed by atoms with Crippen molar-refractivity contribution in [1.82, 2.24) is 15.3 Å². The van der Waals surface area contributed by atoms with Gasteiger partial charge in [-0.15, -0.1) is 12.4 Å². The highest BCUT2D eigenvalue weighted by Crippen LogP contribution is 2.20. The van der Waals surface area contributed by atoms with Crippen LogP contribution >= 0.6 is 12.4 Å². The number of para-hydroxylation sites is 2. The van der Waals surface area contributed by atoms with Crippen LogP contribution in [-0.2, 0) is 9.84 Å². The van der Waals surface area contributed by atoms with E-state index >= 15 is 0 Å². The van der Waals surface area contributed by atoms with Gasteiger partial charge in [0.1, 0.15) is 0 Å². The fourth-order valence-electron chi connectivity index (χ4n) is 2.12. The number of nitrogens with zero attached hydrogens (tertiary/aromatic N) is 1. The van der Waals surface area contributed by atoms with E-state index in [-0.39, 0.29) is 22.8 Å². The summed E-state index contributed by atoms with van der Waals surface area (Å²) in [4.78, 5) is 7.04. The first-order valence-electron chi connectivity index (χ1n) is 5.57. The van der Waals surface area contributed by atoms with Gasteiger partial charge >= 0.3 is 0 Å². The zero-order valence-corrected chi connectivity index (χ0v) is 11.2. The summed E-state index contributed by atoms with van der Waals surface area (Å²) in [6, 6.07) is 7.33. The Hall–Kier alpha value is -1.11. The van der Waals surface area contributed by atoms with E-state index in [9.17, 15) is 8.42 Å². The van der Waals surface area contributed by atoms with Crippen molar-refractivity contribution < 1.29 is 8.42 Å². The maximum Gasteiger partial charge on any atom is 0.226 e. The molecule has 0 amide bonds. The van der Waals surface area contributed by atoms with Crippen LogP contribution in [-0.4, -0.2) is 36.7 Å². The summed E-state index contributed by atoms with van der Waals surface area (Å²) in [5, 5.41) is 2.79. The number of hydrogen-bond donors (Lipinski definition) is 2. The van der Waals surface area contributed by atoms with E-state index < -0.39 is 9.84 Å². The second-order valence-electron chi connectivity index (χ2n) is 4.22. The molecule has 1 aromatic heterocycles. The van der Waals surface area contributed by atoms with E-state index in [2.05, 4.69) is 15.3 Å². The van der Waals surface area contributed by atoms with E-state index in [1.54, 1.807) is 6.07 Å². The number of hydrogen-bond acceptors (Lipinski definition) is 4. The molecule has 0 spiro atoms. The Labute approximate surface area is 111 Å². The van der Waals surface area contributed by atoms with Gasteiger partial charge in [-0.3, -0.25) is 0 Å². The van der Waals surface area contributed by atoms with Crippen LogP contribution in [0.4, 0.5) is 0 Å². The van der Waals surface area contributed by atoms with Crippen molar-refractivity contribution in [3.8, 4) is 0 Å².